The van der Waals surface area contributed by atoms with Gasteiger partial charge in [-0.2, -0.15) is 13.2 Å². The highest BCUT2D eigenvalue weighted by atomic mass is 35.5. The van der Waals surface area contributed by atoms with Gasteiger partial charge in [-0.05, 0) is 17.7 Å². The zero-order valence-corrected chi connectivity index (χ0v) is 12.5. The fourth-order valence-electron chi connectivity index (χ4n) is 1.53. The van der Waals surface area contributed by atoms with E-state index in [-0.39, 0.29) is 35.6 Å². The summed E-state index contributed by atoms with van der Waals surface area (Å²) in [5, 5.41) is 12.6. The molecule has 0 saturated carbocycles. The summed E-state index contributed by atoms with van der Waals surface area (Å²) in [5.41, 5.74) is 3.84. The zero-order chi connectivity index (χ0) is 14.8. The van der Waals surface area contributed by atoms with Gasteiger partial charge in [0.15, 0.2) is 0 Å². The number of aliphatic hydroxyl groups is 1. The summed E-state index contributed by atoms with van der Waals surface area (Å²) < 4.78 is 38.3. The number of anilines is 1. The van der Waals surface area contributed by atoms with E-state index in [4.69, 9.17) is 17.3 Å². The first kappa shape index (κ1) is 19.3. The van der Waals surface area contributed by atoms with Crippen molar-refractivity contribution in [1.82, 2.24) is 5.32 Å². The van der Waals surface area contributed by atoms with Gasteiger partial charge in [0.25, 0.3) is 0 Å². The van der Waals surface area contributed by atoms with Gasteiger partial charge in [-0.1, -0.05) is 25.4 Å². The quantitative estimate of drug-likeness (QED) is 0.740. The van der Waals surface area contributed by atoms with Gasteiger partial charge in [0.2, 0.25) is 0 Å². The van der Waals surface area contributed by atoms with Crippen molar-refractivity contribution in [2.45, 2.75) is 32.2 Å². The highest BCUT2D eigenvalue weighted by Crippen LogP contribution is 2.38. The van der Waals surface area contributed by atoms with Crippen molar-refractivity contribution < 1.29 is 18.3 Å². The lowest BCUT2D eigenvalue weighted by Gasteiger charge is -2.18. The average Bonchev–Trinajstić information content (AvgIpc) is 2.27. The Bertz CT molecular complexity index is 453. The number of halogens is 5. The summed E-state index contributed by atoms with van der Waals surface area (Å²) in [6.07, 6.45) is -5.68. The Morgan fingerprint density at radius 1 is 1.35 bits per heavy atom. The van der Waals surface area contributed by atoms with E-state index in [2.05, 4.69) is 5.32 Å². The molecule has 4 N–H and O–H groups in total. The number of nitrogen functional groups attached to an aromatic ring is 1. The molecule has 0 radical (unpaired) electrons. The molecule has 0 aliphatic heterocycles. The molecular weight excluding hydrogens is 316 g/mol. The second kappa shape index (κ2) is 7.36. The van der Waals surface area contributed by atoms with Crippen LogP contribution >= 0.6 is 24.0 Å². The van der Waals surface area contributed by atoms with Crippen LogP contribution in [0.25, 0.3) is 0 Å². The van der Waals surface area contributed by atoms with Crippen LogP contribution in [0.15, 0.2) is 12.1 Å². The first-order valence-corrected chi connectivity index (χ1v) is 6.08. The van der Waals surface area contributed by atoms with Crippen LogP contribution in [-0.2, 0) is 6.18 Å². The third kappa shape index (κ3) is 5.01. The molecule has 116 valence electrons. The number of nitrogens with two attached hydrogens (primary N) is 1. The Balaban J connectivity index is 0.00000361. The summed E-state index contributed by atoms with van der Waals surface area (Å²) >= 11 is 5.68. The Kier molecular flexibility index (Phi) is 7.10. The van der Waals surface area contributed by atoms with Crippen molar-refractivity contribution in [3.8, 4) is 0 Å². The third-order valence-corrected chi connectivity index (χ3v) is 2.87. The standard InChI is InChI=1S/C12H16ClF3N2O.ClH/c1-6(2)18-5-10(19)7-3-8(12(14,15)16)11(17)9(13)4-7;/h3-4,6,10,18-19H,5,17H2,1-2H3;1H. The lowest BCUT2D eigenvalue weighted by Crippen LogP contribution is -2.28. The molecule has 20 heavy (non-hydrogen) atoms. The van der Waals surface area contributed by atoms with Crippen molar-refractivity contribution >= 4 is 29.7 Å². The molecule has 0 amide bonds. The topological polar surface area (TPSA) is 58.3 Å². The van der Waals surface area contributed by atoms with Gasteiger partial charge in [-0.15, -0.1) is 12.4 Å². The number of hydrogen-bond donors (Lipinski definition) is 3. The molecule has 1 unspecified atom stereocenters. The SMILES string of the molecule is CC(C)NCC(O)c1cc(Cl)c(N)c(C(F)(F)F)c1.Cl. The fourth-order valence-corrected chi connectivity index (χ4v) is 1.76. The molecule has 0 spiro atoms. The zero-order valence-electron chi connectivity index (χ0n) is 11.0. The number of benzene rings is 1. The molecule has 8 heteroatoms. The van der Waals surface area contributed by atoms with E-state index in [1.807, 2.05) is 13.8 Å². The molecule has 0 aliphatic carbocycles. The Morgan fingerprint density at radius 2 is 1.90 bits per heavy atom. The fraction of sp³-hybridized carbons (Fsp3) is 0.500. The molecule has 0 saturated heterocycles. The van der Waals surface area contributed by atoms with E-state index >= 15 is 0 Å². The van der Waals surface area contributed by atoms with Gasteiger partial charge < -0.3 is 16.2 Å². The maximum atomic E-state index is 12.8. The Morgan fingerprint density at radius 3 is 2.35 bits per heavy atom. The number of aliphatic hydroxyl groups excluding tert-OH is 1. The van der Waals surface area contributed by atoms with Crippen LogP contribution < -0.4 is 11.1 Å². The summed E-state index contributed by atoms with van der Waals surface area (Å²) in [6.45, 7) is 3.86. The normalized spacial score (nSPS) is 13.2. The molecule has 0 bridgehead atoms. The Hall–Kier alpha value is -0.690. The molecule has 3 nitrogen and oxygen atoms in total. The lowest BCUT2D eigenvalue weighted by molar-refractivity contribution is -0.137. The first-order valence-electron chi connectivity index (χ1n) is 5.70. The van der Waals surface area contributed by atoms with Crippen LogP contribution in [0.2, 0.25) is 5.02 Å². The van der Waals surface area contributed by atoms with Gasteiger partial charge in [0.05, 0.1) is 22.4 Å². The molecule has 1 aromatic rings. The molecular formula is C12H17Cl2F3N2O. The van der Waals surface area contributed by atoms with Gasteiger partial charge in [-0.3, -0.25) is 0 Å². The third-order valence-electron chi connectivity index (χ3n) is 2.56. The van der Waals surface area contributed by atoms with Gasteiger partial charge in [-0.25, -0.2) is 0 Å². The van der Waals surface area contributed by atoms with Crippen molar-refractivity contribution in [3.63, 3.8) is 0 Å². The van der Waals surface area contributed by atoms with Crippen molar-refractivity contribution in [3.05, 3.63) is 28.3 Å². The van der Waals surface area contributed by atoms with E-state index in [1.165, 1.54) is 6.07 Å². The van der Waals surface area contributed by atoms with Gasteiger partial charge >= 0.3 is 6.18 Å². The minimum absolute atomic E-state index is 0. The largest absolute Gasteiger partial charge is 0.418 e. The van der Waals surface area contributed by atoms with E-state index < -0.39 is 23.5 Å². The van der Waals surface area contributed by atoms with E-state index in [1.54, 1.807) is 0 Å². The van der Waals surface area contributed by atoms with Crippen molar-refractivity contribution in [1.29, 1.82) is 0 Å². The smallest absolute Gasteiger partial charge is 0.397 e. The van der Waals surface area contributed by atoms with Crippen LogP contribution in [0.4, 0.5) is 18.9 Å². The molecule has 1 aromatic carbocycles. The van der Waals surface area contributed by atoms with Crippen LogP contribution in [0.1, 0.15) is 31.1 Å². The van der Waals surface area contributed by atoms with Crippen LogP contribution in [-0.4, -0.2) is 17.7 Å². The highest BCUT2D eigenvalue weighted by Gasteiger charge is 2.34. The van der Waals surface area contributed by atoms with Crippen molar-refractivity contribution in [2.75, 3.05) is 12.3 Å². The second-order valence-corrected chi connectivity index (χ2v) is 4.95. The van der Waals surface area contributed by atoms with Crippen LogP contribution in [0, 0.1) is 0 Å². The number of nitrogens with one attached hydrogen (secondary N) is 1. The highest BCUT2D eigenvalue weighted by molar-refractivity contribution is 6.33. The predicted octanol–water partition coefficient (Wildman–Crippen LogP) is 3.39. The summed E-state index contributed by atoms with van der Waals surface area (Å²) in [4.78, 5) is 0. The summed E-state index contributed by atoms with van der Waals surface area (Å²) in [6, 6.07) is 2.19. The lowest BCUT2D eigenvalue weighted by atomic mass is 10.0. The molecule has 1 rings (SSSR count). The number of hydrogen-bond acceptors (Lipinski definition) is 3. The number of rotatable bonds is 4. The van der Waals surface area contributed by atoms with Crippen LogP contribution in [0.5, 0.6) is 0 Å². The van der Waals surface area contributed by atoms with Gasteiger partial charge in [0.1, 0.15) is 0 Å². The van der Waals surface area contributed by atoms with Crippen LogP contribution in [0.3, 0.4) is 0 Å². The molecule has 0 fully saturated rings. The monoisotopic (exact) mass is 332 g/mol. The molecule has 0 aliphatic rings. The summed E-state index contributed by atoms with van der Waals surface area (Å²) in [5.74, 6) is 0. The molecule has 0 heterocycles. The molecule has 0 aromatic heterocycles. The van der Waals surface area contributed by atoms with E-state index in [0.29, 0.717) is 0 Å². The van der Waals surface area contributed by atoms with E-state index in [9.17, 15) is 18.3 Å². The molecule has 1 atom stereocenters. The van der Waals surface area contributed by atoms with Crippen molar-refractivity contribution in [2.24, 2.45) is 0 Å². The maximum Gasteiger partial charge on any atom is 0.418 e. The van der Waals surface area contributed by atoms with E-state index in [0.717, 1.165) is 6.07 Å². The summed E-state index contributed by atoms with van der Waals surface area (Å²) in [7, 11) is 0. The Labute approximate surface area is 126 Å². The van der Waals surface area contributed by atoms with Gasteiger partial charge in [0, 0.05) is 12.6 Å². The number of alkyl halides is 3. The average molecular weight is 333 g/mol. The minimum Gasteiger partial charge on any atom is -0.397 e. The first-order chi connectivity index (χ1) is 8.62. The minimum atomic E-state index is -4.60. The predicted molar refractivity (Wildman–Crippen MR) is 76.2 cm³/mol. The maximum absolute atomic E-state index is 12.8. The second-order valence-electron chi connectivity index (χ2n) is 4.54.